The van der Waals surface area contributed by atoms with E-state index in [1.807, 2.05) is 0 Å². The molecule has 1 aliphatic rings. The molecule has 0 aromatic heterocycles. The number of hydrogen-bond acceptors (Lipinski definition) is 1. The number of rotatable bonds is 4. The Morgan fingerprint density at radius 3 is 2.36 bits per heavy atom. The van der Waals surface area contributed by atoms with Crippen molar-refractivity contribution in [2.75, 3.05) is 5.75 Å². The summed E-state index contributed by atoms with van der Waals surface area (Å²) in [6.07, 6.45) is 3.82. The lowest BCUT2D eigenvalue weighted by Gasteiger charge is -2.30. The standard InChI is InChI=1S/C13H24S/c1-6-10-9-14-11(7-2)12(10)13(4,5)8-3/h11H,6-9H2,1-5H3. The molecule has 0 bridgehead atoms. The maximum Gasteiger partial charge on any atom is 0.0265 e. The molecule has 0 radical (unpaired) electrons. The van der Waals surface area contributed by atoms with Crippen LogP contribution in [0.3, 0.4) is 0 Å². The zero-order valence-electron chi connectivity index (χ0n) is 10.3. The largest absolute Gasteiger partial charge is 0.150 e. The van der Waals surface area contributed by atoms with E-state index in [2.05, 4.69) is 46.4 Å². The van der Waals surface area contributed by atoms with Crippen LogP contribution in [0.1, 0.15) is 53.9 Å². The van der Waals surface area contributed by atoms with Gasteiger partial charge in [0.2, 0.25) is 0 Å². The van der Waals surface area contributed by atoms with Gasteiger partial charge in [0, 0.05) is 11.0 Å². The van der Waals surface area contributed by atoms with Crippen LogP contribution in [-0.2, 0) is 0 Å². The lowest BCUT2D eigenvalue weighted by molar-refractivity contribution is 0.412. The SMILES string of the molecule is CCC1=C(C(C)(C)CC)C(CC)SC1. The van der Waals surface area contributed by atoms with Crippen molar-refractivity contribution in [2.24, 2.45) is 5.41 Å². The smallest absolute Gasteiger partial charge is 0.0265 e. The Hall–Kier alpha value is 0.0900. The molecule has 14 heavy (non-hydrogen) atoms. The van der Waals surface area contributed by atoms with Crippen LogP contribution in [-0.4, -0.2) is 11.0 Å². The average Bonchev–Trinajstić information content (AvgIpc) is 2.61. The first-order valence-electron chi connectivity index (χ1n) is 5.90. The van der Waals surface area contributed by atoms with E-state index >= 15 is 0 Å². The molecule has 1 heteroatoms. The van der Waals surface area contributed by atoms with Crippen LogP contribution in [0.5, 0.6) is 0 Å². The second-order valence-electron chi connectivity index (χ2n) is 4.82. The Morgan fingerprint density at radius 2 is 1.93 bits per heavy atom. The maximum atomic E-state index is 2.41. The topological polar surface area (TPSA) is 0 Å². The van der Waals surface area contributed by atoms with E-state index in [1.54, 1.807) is 11.1 Å². The summed E-state index contributed by atoms with van der Waals surface area (Å²) in [6.45, 7) is 11.8. The Balaban J connectivity index is 2.99. The highest BCUT2D eigenvalue weighted by Crippen LogP contribution is 2.46. The summed E-state index contributed by atoms with van der Waals surface area (Å²) >= 11 is 2.15. The average molecular weight is 212 g/mol. The van der Waals surface area contributed by atoms with Crippen molar-refractivity contribution < 1.29 is 0 Å². The predicted molar refractivity (Wildman–Crippen MR) is 67.9 cm³/mol. The molecule has 1 rings (SSSR count). The van der Waals surface area contributed by atoms with Crippen molar-refractivity contribution in [3.05, 3.63) is 11.1 Å². The lowest BCUT2D eigenvalue weighted by Crippen LogP contribution is -2.20. The molecule has 1 atom stereocenters. The van der Waals surface area contributed by atoms with Gasteiger partial charge in [0.1, 0.15) is 0 Å². The molecule has 0 amide bonds. The van der Waals surface area contributed by atoms with Crippen molar-refractivity contribution >= 4 is 11.8 Å². The fraction of sp³-hybridized carbons (Fsp3) is 0.846. The molecule has 0 aromatic carbocycles. The van der Waals surface area contributed by atoms with Gasteiger partial charge in [-0.15, -0.1) is 11.8 Å². The summed E-state index contributed by atoms with van der Waals surface area (Å²) < 4.78 is 0. The summed E-state index contributed by atoms with van der Waals surface area (Å²) in [5.74, 6) is 1.29. The molecular weight excluding hydrogens is 188 g/mol. The van der Waals surface area contributed by atoms with Crippen LogP contribution in [0, 0.1) is 5.41 Å². The van der Waals surface area contributed by atoms with Gasteiger partial charge in [-0.05, 0) is 24.7 Å². The Labute approximate surface area is 93.5 Å². The fourth-order valence-electron chi connectivity index (χ4n) is 2.31. The maximum absolute atomic E-state index is 2.41. The van der Waals surface area contributed by atoms with E-state index in [-0.39, 0.29) is 0 Å². The first kappa shape index (κ1) is 12.2. The normalized spacial score (nSPS) is 23.4. The van der Waals surface area contributed by atoms with E-state index in [0.29, 0.717) is 5.41 Å². The highest BCUT2D eigenvalue weighted by molar-refractivity contribution is 8.00. The zero-order chi connectivity index (χ0) is 10.8. The fourth-order valence-corrected chi connectivity index (χ4v) is 3.96. The monoisotopic (exact) mass is 212 g/mol. The molecule has 0 aliphatic carbocycles. The minimum absolute atomic E-state index is 0.426. The molecular formula is C13H24S. The van der Waals surface area contributed by atoms with Crippen molar-refractivity contribution in [1.82, 2.24) is 0 Å². The Kier molecular flexibility index (Phi) is 4.12. The highest BCUT2D eigenvalue weighted by Gasteiger charge is 2.33. The van der Waals surface area contributed by atoms with Gasteiger partial charge in [0.15, 0.2) is 0 Å². The molecule has 0 N–H and O–H groups in total. The molecule has 0 saturated heterocycles. The molecule has 0 nitrogen and oxygen atoms in total. The second-order valence-corrected chi connectivity index (χ2v) is 6.01. The zero-order valence-corrected chi connectivity index (χ0v) is 11.1. The first-order valence-corrected chi connectivity index (χ1v) is 6.95. The second kappa shape index (κ2) is 4.74. The highest BCUT2D eigenvalue weighted by atomic mass is 32.2. The molecule has 0 saturated carbocycles. The van der Waals surface area contributed by atoms with Gasteiger partial charge in [0.25, 0.3) is 0 Å². The molecule has 0 aromatic rings. The minimum Gasteiger partial charge on any atom is -0.150 e. The summed E-state index contributed by atoms with van der Waals surface area (Å²) in [5.41, 5.74) is 3.93. The van der Waals surface area contributed by atoms with Crippen LogP contribution in [0.15, 0.2) is 11.1 Å². The van der Waals surface area contributed by atoms with E-state index in [1.165, 1.54) is 25.0 Å². The van der Waals surface area contributed by atoms with Crippen molar-refractivity contribution in [1.29, 1.82) is 0 Å². The van der Waals surface area contributed by atoms with Gasteiger partial charge in [-0.3, -0.25) is 0 Å². The Morgan fingerprint density at radius 1 is 1.29 bits per heavy atom. The summed E-state index contributed by atoms with van der Waals surface area (Å²) in [5, 5.41) is 0.805. The van der Waals surface area contributed by atoms with Gasteiger partial charge >= 0.3 is 0 Å². The third-order valence-electron chi connectivity index (χ3n) is 3.57. The van der Waals surface area contributed by atoms with E-state index in [0.717, 1.165) is 5.25 Å². The van der Waals surface area contributed by atoms with Crippen LogP contribution >= 0.6 is 11.8 Å². The van der Waals surface area contributed by atoms with Gasteiger partial charge in [-0.2, -0.15) is 0 Å². The van der Waals surface area contributed by atoms with E-state index in [9.17, 15) is 0 Å². The van der Waals surface area contributed by atoms with Crippen molar-refractivity contribution in [2.45, 2.75) is 59.1 Å². The summed E-state index contributed by atoms with van der Waals surface area (Å²) in [7, 11) is 0. The molecule has 1 unspecified atom stereocenters. The van der Waals surface area contributed by atoms with E-state index < -0.39 is 0 Å². The summed E-state index contributed by atoms with van der Waals surface area (Å²) in [4.78, 5) is 0. The van der Waals surface area contributed by atoms with Crippen molar-refractivity contribution in [3.63, 3.8) is 0 Å². The quantitative estimate of drug-likeness (QED) is 0.611. The van der Waals surface area contributed by atoms with Gasteiger partial charge in [0.05, 0.1) is 0 Å². The van der Waals surface area contributed by atoms with Gasteiger partial charge in [-0.1, -0.05) is 45.8 Å². The molecule has 82 valence electrons. The van der Waals surface area contributed by atoms with Crippen LogP contribution in [0.25, 0.3) is 0 Å². The number of thioether (sulfide) groups is 1. The first-order chi connectivity index (χ1) is 6.56. The van der Waals surface area contributed by atoms with Crippen LogP contribution < -0.4 is 0 Å². The van der Waals surface area contributed by atoms with Gasteiger partial charge < -0.3 is 0 Å². The molecule has 1 heterocycles. The lowest BCUT2D eigenvalue weighted by atomic mass is 9.77. The van der Waals surface area contributed by atoms with E-state index in [4.69, 9.17) is 0 Å². The predicted octanol–water partition coefficient (Wildman–Crippen LogP) is 4.65. The molecule has 0 spiro atoms. The minimum atomic E-state index is 0.426. The molecule has 1 aliphatic heterocycles. The van der Waals surface area contributed by atoms with Crippen molar-refractivity contribution in [3.8, 4) is 0 Å². The van der Waals surface area contributed by atoms with Crippen LogP contribution in [0.4, 0.5) is 0 Å². The number of hydrogen-bond donors (Lipinski definition) is 0. The third-order valence-corrected chi connectivity index (χ3v) is 5.06. The summed E-state index contributed by atoms with van der Waals surface area (Å²) in [6, 6.07) is 0. The Bertz CT molecular complexity index is 225. The molecule has 0 fully saturated rings. The van der Waals surface area contributed by atoms with Gasteiger partial charge in [-0.25, -0.2) is 0 Å². The third kappa shape index (κ3) is 2.18. The van der Waals surface area contributed by atoms with Crippen LogP contribution in [0.2, 0.25) is 0 Å².